The molecule has 0 saturated carbocycles. The fourth-order valence-electron chi connectivity index (χ4n) is 1.64. The van der Waals surface area contributed by atoms with Gasteiger partial charge in [-0.15, -0.1) is 10.2 Å². The minimum atomic E-state index is 0.382. The lowest BCUT2D eigenvalue weighted by Gasteiger charge is -2.08. The van der Waals surface area contributed by atoms with Gasteiger partial charge >= 0.3 is 0 Å². The van der Waals surface area contributed by atoms with E-state index in [0.717, 1.165) is 5.56 Å². The predicted molar refractivity (Wildman–Crippen MR) is 66.4 cm³/mol. The lowest BCUT2D eigenvalue weighted by Crippen LogP contribution is -1.96. The maximum absolute atomic E-state index is 5.86. The van der Waals surface area contributed by atoms with Crippen molar-refractivity contribution in [2.45, 2.75) is 6.92 Å². The van der Waals surface area contributed by atoms with Gasteiger partial charge in [0.15, 0.2) is 5.75 Å². The van der Waals surface area contributed by atoms with Crippen LogP contribution in [-0.4, -0.2) is 19.6 Å². The summed E-state index contributed by atoms with van der Waals surface area (Å²) >= 11 is 0. The monoisotopic (exact) mass is 241 g/mol. The Kier molecular flexibility index (Phi) is 2.33. The zero-order chi connectivity index (χ0) is 12.5. The first-order valence-corrected chi connectivity index (χ1v) is 5.42. The Bertz CT molecular complexity index is 707. The van der Waals surface area contributed by atoms with Crippen LogP contribution in [0.15, 0.2) is 36.9 Å². The molecule has 2 heterocycles. The van der Waals surface area contributed by atoms with Gasteiger partial charge in [0.1, 0.15) is 6.33 Å². The van der Waals surface area contributed by atoms with Crippen LogP contribution >= 0.6 is 0 Å². The number of nitrogen functional groups attached to an aromatic ring is 1. The Labute approximate surface area is 103 Å². The summed E-state index contributed by atoms with van der Waals surface area (Å²) in [6.45, 7) is 1.97. The van der Waals surface area contributed by atoms with Crippen molar-refractivity contribution in [1.82, 2.24) is 19.6 Å². The van der Waals surface area contributed by atoms with Gasteiger partial charge in [-0.2, -0.15) is 0 Å². The molecule has 6 nitrogen and oxygen atoms in total. The number of fused-ring (bicyclic) bond motifs is 1. The molecule has 0 saturated heterocycles. The molecule has 3 rings (SSSR count). The summed E-state index contributed by atoms with van der Waals surface area (Å²) < 4.78 is 7.43. The van der Waals surface area contributed by atoms with Gasteiger partial charge in [-0.1, -0.05) is 6.07 Å². The SMILES string of the molecule is Cc1ccc(N)c(Oc2nccn3cnnc23)c1. The topological polar surface area (TPSA) is 78.3 Å². The van der Waals surface area contributed by atoms with Crippen LogP contribution in [0.2, 0.25) is 0 Å². The number of ether oxygens (including phenoxy) is 1. The average molecular weight is 241 g/mol. The molecule has 18 heavy (non-hydrogen) atoms. The largest absolute Gasteiger partial charge is 0.434 e. The molecule has 0 bridgehead atoms. The molecule has 0 atom stereocenters. The summed E-state index contributed by atoms with van der Waals surface area (Å²) in [5, 5.41) is 7.76. The van der Waals surface area contributed by atoms with Crippen molar-refractivity contribution >= 4 is 11.3 Å². The molecule has 0 radical (unpaired) electrons. The van der Waals surface area contributed by atoms with Crippen molar-refractivity contribution in [3.05, 3.63) is 42.5 Å². The zero-order valence-electron chi connectivity index (χ0n) is 9.74. The van der Waals surface area contributed by atoms with Crippen LogP contribution in [0.1, 0.15) is 5.56 Å². The van der Waals surface area contributed by atoms with Gasteiger partial charge in [-0.05, 0) is 24.6 Å². The first-order valence-electron chi connectivity index (χ1n) is 5.42. The van der Waals surface area contributed by atoms with Crippen LogP contribution in [0.25, 0.3) is 5.65 Å². The Morgan fingerprint density at radius 3 is 3.11 bits per heavy atom. The summed E-state index contributed by atoms with van der Waals surface area (Å²) in [6, 6.07) is 5.58. The van der Waals surface area contributed by atoms with E-state index in [1.807, 2.05) is 19.1 Å². The molecule has 2 N–H and O–H groups in total. The van der Waals surface area contributed by atoms with Crippen LogP contribution in [-0.2, 0) is 0 Å². The smallest absolute Gasteiger partial charge is 0.265 e. The van der Waals surface area contributed by atoms with Gasteiger partial charge in [-0.25, -0.2) is 4.98 Å². The number of nitrogens with two attached hydrogens (primary N) is 1. The summed E-state index contributed by atoms with van der Waals surface area (Å²) in [6.07, 6.45) is 4.96. The standard InChI is InChI=1S/C12H11N5O/c1-8-2-3-9(13)10(6-8)18-12-11-16-15-7-17(11)5-4-14-12/h2-7H,13H2,1H3. The van der Waals surface area contributed by atoms with Crippen LogP contribution < -0.4 is 10.5 Å². The molecule has 0 aliphatic heterocycles. The molecular formula is C12H11N5O. The van der Waals surface area contributed by atoms with Gasteiger partial charge in [-0.3, -0.25) is 4.40 Å². The molecule has 0 aliphatic rings. The van der Waals surface area contributed by atoms with Crippen molar-refractivity contribution in [1.29, 1.82) is 0 Å². The fourth-order valence-corrected chi connectivity index (χ4v) is 1.64. The number of benzene rings is 1. The van der Waals surface area contributed by atoms with Crippen LogP contribution in [0.3, 0.4) is 0 Å². The summed E-state index contributed by atoms with van der Waals surface area (Å²) in [7, 11) is 0. The Hall–Kier alpha value is -2.63. The number of hydrogen-bond acceptors (Lipinski definition) is 5. The minimum Gasteiger partial charge on any atom is -0.434 e. The number of nitrogens with zero attached hydrogens (tertiary/aromatic N) is 4. The highest BCUT2D eigenvalue weighted by molar-refractivity contribution is 5.57. The molecule has 0 fully saturated rings. The van der Waals surface area contributed by atoms with Gasteiger partial charge in [0.05, 0.1) is 5.69 Å². The van der Waals surface area contributed by atoms with E-state index in [0.29, 0.717) is 23.0 Å². The van der Waals surface area contributed by atoms with E-state index in [-0.39, 0.29) is 0 Å². The number of hydrogen-bond donors (Lipinski definition) is 1. The molecule has 90 valence electrons. The molecule has 1 aromatic carbocycles. The quantitative estimate of drug-likeness (QED) is 0.692. The molecule has 0 aliphatic carbocycles. The third-order valence-electron chi connectivity index (χ3n) is 2.56. The molecule has 3 aromatic rings. The predicted octanol–water partition coefficient (Wildman–Crippen LogP) is 1.81. The van der Waals surface area contributed by atoms with Crippen molar-refractivity contribution in [3.63, 3.8) is 0 Å². The molecule has 6 heteroatoms. The molecule has 0 amide bonds. The molecule has 0 spiro atoms. The minimum absolute atomic E-state index is 0.382. The molecular weight excluding hydrogens is 230 g/mol. The van der Waals surface area contributed by atoms with E-state index in [1.54, 1.807) is 29.2 Å². The lowest BCUT2D eigenvalue weighted by molar-refractivity contribution is 0.466. The van der Waals surface area contributed by atoms with Crippen LogP contribution in [0.5, 0.6) is 11.6 Å². The van der Waals surface area contributed by atoms with Crippen molar-refractivity contribution in [3.8, 4) is 11.6 Å². The van der Waals surface area contributed by atoms with E-state index >= 15 is 0 Å². The zero-order valence-corrected chi connectivity index (χ0v) is 9.74. The Morgan fingerprint density at radius 1 is 1.33 bits per heavy atom. The number of aromatic nitrogens is 4. The summed E-state index contributed by atoms with van der Waals surface area (Å²) in [5.41, 5.74) is 8.04. The fraction of sp³-hybridized carbons (Fsp3) is 0.0833. The molecule has 0 unspecified atom stereocenters. The van der Waals surface area contributed by atoms with Gasteiger partial charge in [0.25, 0.3) is 5.88 Å². The second kappa shape index (κ2) is 3.99. The van der Waals surface area contributed by atoms with Crippen molar-refractivity contribution < 1.29 is 4.74 Å². The second-order valence-corrected chi connectivity index (χ2v) is 3.94. The van der Waals surface area contributed by atoms with E-state index in [4.69, 9.17) is 10.5 Å². The molecule has 2 aromatic heterocycles. The van der Waals surface area contributed by atoms with Crippen LogP contribution in [0, 0.1) is 6.92 Å². The number of aryl methyl sites for hydroxylation is 1. The lowest BCUT2D eigenvalue weighted by atomic mass is 10.2. The van der Waals surface area contributed by atoms with Gasteiger partial charge in [0, 0.05) is 12.4 Å². The third kappa shape index (κ3) is 1.73. The van der Waals surface area contributed by atoms with Gasteiger partial charge < -0.3 is 10.5 Å². The van der Waals surface area contributed by atoms with Crippen LogP contribution in [0.4, 0.5) is 5.69 Å². The van der Waals surface area contributed by atoms with Gasteiger partial charge in [0.2, 0.25) is 5.65 Å². The van der Waals surface area contributed by atoms with E-state index in [1.165, 1.54) is 0 Å². The second-order valence-electron chi connectivity index (χ2n) is 3.94. The van der Waals surface area contributed by atoms with E-state index < -0.39 is 0 Å². The highest BCUT2D eigenvalue weighted by Crippen LogP contribution is 2.28. The van der Waals surface area contributed by atoms with E-state index in [9.17, 15) is 0 Å². The first-order chi connectivity index (χ1) is 8.74. The van der Waals surface area contributed by atoms with Crippen molar-refractivity contribution in [2.24, 2.45) is 0 Å². The Morgan fingerprint density at radius 2 is 2.22 bits per heavy atom. The highest BCUT2D eigenvalue weighted by Gasteiger charge is 2.09. The highest BCUT2D eigenvalue weighted by atomic mass is 16.5. The first kappa shape index (κ1) is 10.5. The van der Waals surface area contributed by atoms with Crippen molar-refractivity contribution in [2.75, 3.05) is 5.73 Å². The third-order valence-corrected chi connectivity index (χ3v) is 2.56. The van der Waals surface area contributed by atoms with E-state index in [2.05, 4.69) is 15.2 Å². The average Bonchev–Trinajstić information content (AvgIpc) is 2.83. The maximum Gasteiger partial charge on any atom is 0.265 e. The number of rotatable bonds is 2. The number of anilines is 1. The maximum atomic E-state index is 5.86. The summed E-state index contributed by atoms with van der Waals surface area (Å²) in [5.74, 6) is 0.950. The Balaban J connectivity index is 2.06. The summed E-state index contributed by atoms with van der Waals surface area (Å²) in [4.78, 5) is 4.14. The normalized spacial score (nSPS) is 10.7.